The molecule has 1 nitrogen and oxygen atoms in total. The molecule has 0 atom stereocenters. The third kappa shape index (κ3) is 2.90. The molecular formula is C18H27FO. The highest BCUT2D eigenvalue weighted by atomic mass is 19.1. The summed E-state index contributed by atoms with van der Waals surface area (Å²) in [5, 5.41) is 11.2. The van der Waals surface area contributed by atoms with E-state index in [-0.39, 0.29) is 16.6 Å². The monoisotopic (exact) mass is 278 g/mol. The molecule has 1 saturated carbocycles. The van der Waals surface area contributed by atoms with Crippen LogP contribution >= 0.6 is 0 Å². The van der Waals surface area contributed by atoms with Gasteiger partial charge in [-0.25, -0.2) is 4.39 Å². The smallest absolute Gasteiger partial charge is 0.129 e. The second-order valence-corrected chi connectivity index (χ2v) is 8.33. The average molecular weight is 278 g/mol. The van der Waals surface area contributed by atoms with Crippen LogP contribution in [0.5, 0.6) is 0 Å². The van der Waals surface area contributed by atoms with Crippen molar-refractivity contribution in [2.24, 2.45) is 10.8 Å². The van der Waals surface area contributed by atoms with Gasteiger partial charge in [0.2, 0.25) is 0 Å². The number of aryl methyl sites for hydroxylation is 2. The van der Waals surface area contributed by atoms with Gasteiger partial charge >= 0.3 is 0 Å². The molecule has 0 radical (unpaired) electrons. The van der Waals surface area contributed by atoms with Crippen molar-refractivity contribution in [3.63, 3.8) is 0 Å². The normalized spacial score (nSPS) is 23.6. The van der Waals surface area contributed by atoms with Gasteiger partial charge in [0.1, 0.15) is 5.82 Å². The average Bonchev–Trinajstić information content (AvgIpc) is 2.06. The molecule has 0 aliphatic heterocycles. The minimum atomic E-state index is -1.06. The predicted molar refractivity (Wildman–Crippen MR) is 81.2 cm³/mol. The lowest BCUT2D eigenvalue weighted by Crippen LogP contribution is -2.45. The van der Waals surface area contributed by atoms with Crippen molar-refractivity contribution in [2.45, 2.75) is 66.4 Å². The Labute approximate surface area is 122 Å². The van der Waals surface area contributed by atoms with Crippen LogP contribution in [0.3, 0.4) is 0 Å². The maximum atomic E-state index is 14.5. The maximum Gasteiger partial charge on any atom is 0.129 e. The Kier molecular flexibility index (Phi) is 3.53. The van der Waals surface area contributed by atoms with E-state index in [1.165, 1.54) is 6.07 Å². The minimum Gasteiger partial charge on any atom is -0.385 e. The molecule has 0 aromatic heterocycles. The van der Waals surface area contributed by atoms with Crippen molar-refractivity contribution >= 4 is 0 Å². The Morgan fingerprint density at radius 1 is 0.950 bits per heavy atom. The second-order valence-electron chi connectivity index (χ2n) is 8.33. The van der Waals surface area contributed by atoms with Crippen LogP contribution in [0.1, 0.15) is 63.6 Å². The van der Waals surface area contributed by atoms with E-state index >= 15 is 0 Å². The molecule has 1 aromatic carbocycles. The van der Waals surface area contributed by atoms with E-state index < -0.39 is 5.60 Å². The SMILES string of the molecule is Cc1cc(C)c(C2(O)CC(C)(C)CC(C)(C)C2)c(F)c1. The van der Waals surface area contributed by atoms with E-state index in [4.69, 9.17) is 0 Å². The van der Waals surface area contributed by atoms with Crippen molar-refractivity contribution in [3.05, 3.63) is 34.6 Å². The summed E-state index contributed by atoms with van der Waals surface area (Å²) in [5.41, 5.74) is 1.23. The molecule has 0 amide bonds. The number of rotatable bonds is 1. The molecule has 1 aliphatic carbocycles. The van der Waals surface area contributed by atoms with Gasteiger partial charge in [0.05, 0.1) is 5.60 Å². The lowest BCUT2D eigenvalue weighted by molar-refractivity contribution is -0.0934. The van der Waals surface area contributed by atoms with Crippen LogP contribution in [-0.2, 0) is 5.60 Å². The summed E-state index contributed by atoms with van der Waals surface area (Å²) in [6.07, 6.45) is 2.28. The van der Waals surface area contributed by atoms with Gasteiger partial charge in [0.25, 0.3) is 0 Å². The summed E-state index contributed by atoms with van der Waals surface area (Å²) in [7, 11) is 0. The zero-order valence-electron chi connectivity index (χ0n) is 13.6. The predicted octanol–water partition coefficient (Wildman–Crippen LogP) is 4.87. The molecule has 20 heavy (non-hydrogen) atoms. The number of hydrogen-bond donors (Lipinski definition) is 1. The first-order chi connectivity index (χ1) is 8.94. The van der Waals surface area contributed by atoms with Gasteiger partial charge in [0, 0.05) is 5.56 Å². The van der Waals surface area contributed by atoms with Crippen molar-refractivity contribution in [2.75, 3.05) is 0 Å². The number of hydrogen-bond acceptors (Lipinski definition) is 1. The van der Waals surface area contributed by atoms with Gasteiger partial charge in [-0.05, 0) is 61.1 Å². The number of aliphatic hydroxyl groups is 1. The second kappa shape index (κ2) is 4.56. The third-order valence-electron chi connectivity index (χ3n) is 4.40. The van der Waals surface area contributed by atoms with Gasteiger partial charge < -0.3 is 5.11 Å². The van der Waals surface area contributed by atoms with Gasteiger partial charge in [0.15, 0.2) is 0 Å². The highest BCUT2D eigenvalue weighted by Crippen LogP contribution is 2.54. The van der Waals surface area contributed by atoms with Crippen LogP contribution in [0.15, 0.2) is 12.1 Å². The standard InChI is InChI=1S/C18H27FO/c1-12-7-13(2)15(14(19)8-12)18(20)10-16(3,4)9-17(5,6)11-18/h7-8,20H,9-11H2,1-6H3. The molecule has 1 fully saturated rings. The van der Waals surface area contributed by atoms with Crippen LogP contribution in [0.2, 0.25) is 0 Å². The molecule has 2 heteroatoms. The molecule has 0 unspecified atom stereocenters. The topological polar surface area (TPSA) is 20.2 Å². The molecule has 1 N–H and O–H groups in total. The van der Waals surface area contributed by atoms with Crippen LogP contribution < -0.4 is 0 Å². The summed E-state index contributed by atoms with van der Waals surface area (Å²) in [6, 6.07) is 3.50. The van der Waals surface area contributed by atoms with Crippen molar-refractivity contribution in [1.82, 2.24) is 0 Å². The lowest BCUT2D eigenvalue weighted by atomic mass is 9.58. The van der Waals surface area contributed by atoms with Gasteiger partial charge in [-0.15, -0.1) is 0 Å². The van der Waals surface area contributed by atoms with Crippen molar-refractivity contribution in [1.29, 1.82) is 0 Å². The molecule has 0 bridgehead atoms. The van der Waals surface area contributed by atoms with E-state index in [1.54, 1.807) is 0 Å². The zero-order chi connectivity index (χ0) is 15.3. The molecule has 0 heterocycles. The van der Waals surface area contributed by atoms with Gasteiger partial charge in [-0.2, -0.15) is 0 Å². The summed E-state index contributed by atoms with van der Waals surface area (Å²) in [4.78, 5) is 0. The van der Waals surface area contributed by atoms with E-state index in [0.29, 0.717) is 18.4 Å². The molecule has 0 saturated heterocycles. The first-order valence-corrected chi connectivity index (χ1v) is 7.44. The van der Waals surface area contributed by atoms with Gasteiger partial charge in [-0.3, -0.25) is 0 Å². The first-order valence-electron chi connectivity index (χ1n) is 7.44. The zero-order valence-corrected chi connectivity index (χ0v) is 13.6. The third-order valence-corrected chi connectivity index (χ3v) is 4.40. The summed E-state index contributed by atoms with van der Waals surface area (Å²) >= 11 is 0. The van der Waals surface area contributed by atoms with Crippen LogP contribution in [-0.4, -0.2) is 5.11 Å². The fraction of sp³-hybridized carbons (Fsp3) is 0.667. The Balaban J connectivity index is 2.55. The fourth-order valence-electron chi connectivity index (χ4n) is 4.75. The lowest BCUT2D eigenvalue weighted by Gasteiger charge is -2.50. The van der Waals surface area contributed by atoms with E-state index in [2.05, 4.69) is 27.7 Å². The Bertz CT molecular complexity index is 489. The minimum absolute atomic E-state index is 0.0142. The summed E-state index contributed by atoms with van der Waals surface area (Å²) < 4.78 is 14.5. The quantitative estimate of drug-likeness (QED) is 0.777. The van der Waals surface area contributed by atoms with E-state index in [0.717, 1.165) is 17.5 Å². The van der Waals surface area contributed by atoms with Crippen LogP contribution in [0.25, 0.3) is 0 Å². The highest BCUT2D eigenvalue weighted by Gasteiger charge is 2.48. The molecular weight excluding hydrogens is 251 g/mol. The van der Waals surface area contributed by atoms with E-state index in [9.17, 15) is 9.50 Å². The molecule has 2 rings (SSSR count). The maximum absolute atomic E-state index is 14.5. The van der Waals surface area contributed by atoms with Crippen molar-refractivity contribution < 1.29 is 9.50 Å². The summed E-state index contributed by atoms with van der Waals surface area (Å²) in [5.74, 6) is -0.265. The van der Waals surface area contributed by atoms with Crippen LogP contribution in [0, 0.1) is 30.5 Å². The number of benzene rings is 1. The molecule has 1 aliphatic rings. The number of halogens is 1. The first kappa shape index (κ1) is 15.5. The largest absolute Gasteiger partial charge is 0.385 e. The van der Waals surface area contributed by atoms with Gasteiger partial charge in [-0.1, -0.05) is 33.8 Å². The Hall–Kier alpha value is -0.890. The molecule has 0 spiro atoms. The molecule has 112 valence electrons. The van der Waals surface area contributed by atoms with E-state index in [1.807, 2.05) is 19.9 Å². The molecule has 1 aromatic rings. The summed E-state index contributed by atoms with van der Waals surface area (Å²) in [6.45, 7) is 12.5. The Morgan fingerprint density at radius 2 is 1.45 bits per heavy atom. The van der Waals surface area contributed by atoms with Crippen molar-refractivity contribution in [3.8, 4) is 0 Å². The highest BCUT2D eigenvalue weighted by molar-refractivity contribution is 5.37. The van der Waals surface area contributed by atoms with Crippen LogP contribution in [0.4, 0.5) is 4.39 Å². The Morgan fingerprint density at radius 3 is 1.90 bits per heavy atom. The fourth-order valence-corrected chi connectivity index (χ4v) is 4.75.